The number of urea groups is 1. The molecule has 0 bridgehead atoms. The molecule has 0 saturated carbocycles. The van der Waals surface area contributed by atoms with Gasteiger partial charge < -0.3 is 24.8 Å². The van der Waals surface area contributed by atoms with Crippen molar-refractivity contribution >= 4 is 11.7 Å². The Morgan fingerprint density at radius 1 is 1.08 bits per heavy atom. The smallest absolute Gasteiger partial charge is 0.319 e. The Hall–Kier alpha value is -2.80. The topological polar surface area (TPSA) is 68.8 Å². The van der Waals surface area contributed by atoms with Crippen LogP contribution in [0.2, 0.25) is 0 Å². The Balaban J connectivity index is 1.86. The molecule has 0 heterocycles. The van der Waals surface area contributed by atoms with Crippen LogP contribution in [0.4, 0.5) is 14.9 Å². The van der Waals surface area contributed by atoms with Gasteiger partial charge in [0.05, 0.1) is 13.7 Å². The van der Waals surface area contributed by atoms with Crippen molar-refractivity contribution in [3.8, 4) is 11.5 Å². The molecule has 26 heavy (non-hydrogen) atoms. The SMILES string of the molecule is COCCOc1cc(NC(=O)NCCc2cccc(F)c2)ccc1OC. The number of methoxy groups -OCH3 is 2. The normalized spacial score (nSPS) is 10.3. The molecular formula is C19H23FN2O4. The van der Waals surface area contributed by atoms with Gasteiger partial charge in [-0.1, -0.05) is 12.1 Å². The van der Waals surface area contributed by atoms with Gasteiger partial charge in [0.1, 0.15) is 12.4 Å². The van der Waals surface area contributed by atoms with Crippen molar-refractivity contribution in [3.63, 3.8) is 0 Å². The number of hydrogen-bond acceptors (Lipinski definition) is 4. The van der Waals surface area contributed by atoms with Crippen LogP contribution >= 0.6 is 0 Å². The van der Waals surface area contributed by atoms with Crippen molar-refractivity contribution in [1.29, 1.82) is 0 Å². The number of nitrogens with one attached hydrogen (secondary N) is 2. The monoisotopic (exact) mass is 362 g/mol. The Kier molecular flexibility index (Phi) is 7.70. The summed E-state index contributed by atoms with van der Waals surface area (Å²) >= 11 is 0. The fraction of sp³-hybridized carbons (Fsp3) is 0.316. The number of benzene rings is 2. The molecule has 2 N–H and O–H groups in total. The molecule has 0 radical (unpaired) electrons. The van der Waals surface area contributed by atoms with Crippen LogP contribution in [-0.4, -0.2) is 40.0 Å². The van der Waals surface area contributed by atoms with E-state index in [4.69, 9.17) is 14.2 Å². The highest BCUT2D eigenvalue weighted by Gasteiger charge is 2.08. The van der Waals surface area contributed by atoms with Gasteiger partial charge in [-0.25, -0.2) is 9.18 Å². The first kappa shape index (κ1) is 19.5. The molecule has 0 aromatic heterocycles. The van der Waals surface area contributed by atoms with Gasteiger partial charge >= 0.3 is 6.03 Å². The first-order valence-corrected chi connectivity index (χ1v) is 8.21. The predicted molar refractivity (Wildman–Crippen MR) is 97.5 cm³/mol. The number of carbonyl (C=O) groups is 1. The van der Waals surface area contributed by atoms with Crippen LogP contribution in [0.1, 0.15) is 5.56 Å². The highest BCUT2D eigenvalue weighted by atomic mass is 19.1. The van der Waals surface area contributed by atoms with E-state index >= 15 is 0 Å². The molecule has 0 aliphatic rings. The first-order chi connectivity index (χ1) is 12.6. The van der Waals surface area contributed by atoms with Gasteiger partial charge in [0.15, 0.2) is 11.5 Å². The highest BCUT2D eigenvalue weighted by molar-refractivity contribution is 5.89. The highest BCUT2D eigenvalue weighted by Crippen LogP contribution is 2.30. The molecule has 6 nitrogen and oxygen atoms in total. The van der Waals surface area contributed by atoms with Crippen molar-refractivity contribution in [2.24, 2.45) is 0 Å². The van der Waals surface area contributed by atoms with Gasteiger partial charge in [-0.2, -0.15) is 0 Å². The summed E-state index contributed by atoms with van der Waals surface area (Å²) in [6.45, 7) is 1.21. The van der Waals surface area contributed by atoms with Crippen LogP contribution < -0.4 is 20.1 Å². The first-order valence-electron chi connectivity index (χ1n) is 8.21. The van der Waals surface area contributed by atoms with Crippen LogP contribution in [-0.2, 0) is 11.2 Å². The van der Waals surface area contributed by atoms with Crippen LogP contribution in [0.5, 0.6) is 11.5 Å². The molecule has 0 aliphatic carbocycles. The average Bonchev–Trinajstić information content (AvgIpc) is 2.62. The quantitative estimate of drug-likeness (QED) is 0.672. The number of rotatable bonds is 9. The number of halogens is 1. The summed E-state index contributed by atoms with van der Waals surface area (Å²) in [6, 6.07) is 11.1. The third-order valence-corrected chi connectivity index (χ3v) is 3.55. The lowest BCUT2D eigenvalue weighted by molar-refractivity contribution is 0.144. The summed E-state index contributed by atoms with van der Waals surface area (Å²) in [4.78, 5) is 12.0. The second-order valence-corrected chi connectivity index (χ2v) is 5.47. The van der Waals surface area contributed by atoms with Crippen molar-refractivity contribution in [2.75, 3.05) is 39.3 Å². The minimum atomic E-state index is -0.352. The van der Waals surface area contributed by atoms with E-state index in [-0.39, 0.29) is 11.8 Å². The van der Waals surface area contributed by atoms with Crippen molar-refractivity contribution < 1.29 is 23.4 Å². The molecule has 0 atom stereocenters. The fourth-order valence-corrected chi connectivity index (χ4v) is 2.29. The largest absolute Gasteiger partial charge is 0.493 e. The van der Waals surface area contributed by atoms with Crippen LogP contribution in [0.3, 0.4) is 0 Å². The zero-order chi connectivity index (χ0) is 18.8. The Bertz CT molecular complexity index is 724. The maximum Gasteiger partial charge on any atom is 0.319 e. The predicted octanol–water partition coefficient (Wildman–Crippen LogP) is 3.22. The van der Waals surface area contributed by atoms with E-state index in [0.717, 1.165) is 5.56 Å². The third-order valence-electron chi connectivity index (χ3n) is 3.55. The van der Waals surface area contributed by atoms with Gasteiger partial charge in [0.25, 0.3) is 0 Å². The maximum absolute atomic E-state index is 13.1. The molecule has 0 unspecified atom stereocenters. The molecule has 0 aliphatic heterocycles. The molecule has 0 saturated heterocycles. The number of amides is 2. The maximum atomic E-state index is 13.1. The summed E-state index contributed by atoms with van der Waals surface area (Å²) in [6.07, 6.45) is 0.541. The molecule has 2 rings (SSSR count). The number of anilines is 1. The van der Waals surface area contributed by atoms with Crippen LogP contribution in [0, 0.1) is 5.82 Å². The van der Waals surface area contributed by atoms with E-state index in [1.54, 1.807) is 38.5 Å². The summed E-state index contributed by atoms with van der Waals surface area (Å²) in [5.74, 6) is 0.798. The average molecular weight is 362 g/mol. The Morgan fingerprint density at radius 3 is 2.65 bits per heavy atom. The van der Waals surface area contributed by atoms with Crippen molar-refractivity contribution in [2.45, 2.75) is 6.42 Å². The van der Waals surface area contributed by atoms with E-state index in [0.29, 0.717) is 43.4 Å². The Morgan fingerprint density at radius 2 is 1.92 bits per heavy atom. The molecule has 140 valence electrons. The third kappa shape index (κ3) is 6.25. The molecule has 2 amide bonds. The number of carbonyl (C=O) groups excluding carboxylic acids is 1. The van der Waals surface area contributed by atoms with Gasteiger partial charge in [-0.05, 0) is 36.2 Å². The number of ether oxygens (including phenoxy) is 3. The summed E-state index contributed by atoms with van der Waals surface area (Å²) in [5.41, 5.74) is 1.39. The lowest BCUT2D eigenvalue weighted by Gasteiger charge is -2.13. The summed E-state index contributed by atoms with van der Waals surface area (Å²) < 4.78 is 28.9. The fourth-order valence-electron chi connectivity index (χ4n) is 2.29. The molecular weight excluding hydrogens is 339 g/mol. The van der Waals surface area contributed by atoms with E-state index in [1.807, 2.05) is 6.07 Å². The van der Waals surface area contributed by atoms with Crippen LogP contribution in [0.25, 0.3) is 0 Å². The summed E-state index contributed by atoms with van der Waals surface area (Å²) in [7, 11) is 3.14. The van der Waals surface area contributed by atoms with Gasteiger partial charge in [-0.3, -0.25) is 0 Å². The van der Waals surface area contributed by atoms with E-state index in [9.17, 15) is 9.18 Å². The molecule has 0 spiro atoms. The zero-order valence-electron chi connectivity index (χ0n) is 14.9. The lowest BCUT2D eigenvalue weighted by Crippen LogP contribution is -2.30. The molecule has 0 fully saturated rings. The standard InChI is InChI=1S/C19H23FN2O4/c1-24-10-11-26-18-13-16(6-7-17(18)25-2)22-19(23)21-9-8-14-4-3-5-15(20)12-14/h3-7,12-13H,8-11H2,1-2H3,(H2,21,22,23). The zero-order valence-corrected chi connectivity index (χ0v) is 14.9. The molecule has 2 aromatic carbocycles. The van der Waals surface area contributed by atoms with Crippen molar-refractivity contribution in [3.05, 3.63) is 53.8 Å². The van der Waals surface area contributed by atoms with Crippen LogP contribution in [0.15, 0.2) is 42.5 Å². The van der Waals surface area contributed by atoms with E-state index in [2.05, 4.69) is 10.6 Å². The lowest BCUT2D eigenvalue weighted by atomic mass is 10.1. The van der Waals surface area contributed by atoms with E-state index in [1.165, 1.54) is 12.1 Å². The minimum Gasteiger partial charge on any atom is -0.493 e. The van der Waals surface area contributed by atoms with Gasteiger partial charge in [0, 0.05) is 25.4 Å². The van der Waals surface area contributed by atoms with E-state index < -0.39 is 0 Å². The van der Waals surface area contributed by atoms with Crippen molar-refractivity contribution in [1.82, 2.24) is 5.32 Å². The molecule has 2 aromatic rings. The molecule has 7 heteroatoms. The number of hydrogen-bond donors (Lipinski definition) is 2. The summed E-state index contributed by atoms with van der Waals surface area (Å²) in [5, 5.41) is 5.47. The second-order valence-electron chi connectivity index (χ2n) is 5.47. The Labute approximate surface area is 152 Å². The van der Waals surface area contributed by atoms with Gasteiger partial charge in [0.2, 0.25) is 0 Å². The van der Waals surface area contributed by atoms with Gasteiger partial charge in [-0.15, -0.1) is 0 Å². The second kappa shape index (κ2) is 10.2. The minimum absolute atomic E-state index is 0.286.